The monoisotopic (exact) mass is 499 g/mol. The van der Waals surface area contributed by atoms with E-state index in [9.17, 15) is 29.8 Å². The second-order valence-corrected chi connectivity index (χ2v) is 9.21. The van der Waals surface area contributed by atoms with Gasteiger partial charge < -0.3 is 9.64 Å². The van der Waals surface area contributed by atoms with E-state index in [1.54, 1.807) is 0 Å². The molecule has 0 unspecified atom stereocenters. The molecule has 0 aliphatic carbocycles. The summed E-state index contributed by atoms with van der Waals surface area (Å²) in [6.07, 6.45) is 1.86. The largest absolute Gasteiger partial charge is 0.452 e. The number of non-ortho nitro benzene ring substituents is 1. The third-order valence-corrected chi connectivity index (χ3v) is 6.63. The predicted molar refractivity (Wildman–Crippen MR) is 129 cm³/mol. The lowest BCUT2D eigenvalue weighted by Crippen LogP contribution is -2.33. The van der Waals surface area contributed by atoms with Gasteiger partial charge in [-0.2, -0.15) is 0 Å². The number of amides is 1. The molecule has 2 heterocycles. The Kier molecular flexibility index (Phi) is 6.87. The van der Waals surface area contributed by atoms with E-state index >= 15 is 0 Å². The number of anilines is 2. The number of piperidine rings is 1. The number of fused-ring (bicyclic) bond motifs is 1. The van der Waals surface area contributed by atoms with Gasteiger partial charge in [-0.15, -0.1) is 0 Å². The van der Waals surface area contributed by atoms with Gasteiger partial charge in [0.1, 0.15) is 5.69 Å². The standard InChI is InChI=1S/C22H21N5O7S/c1-13-6-8-25(9-7-13)17-5-2-14(10-18(17)27(32)33)21(29)34-12-20(28)24-22-23-16-4-3-15(26(30)31)11-19(16)35-22/h2-5,10-11,13H,6-9,12H2,1H3,(H,23,24,28). The van der Waals surface area contributed by atoms with Gasteiger partial charge in [0.25, 0.3) is 17.3 Å². The molecule has 1 aromatic heterocycles. The highest BCUT2D eigenvalue weighted by Gasteiger charge is 2.25. The van der Waals surface area contributed by atoms with Crippen LogP contribution >= 0.6 is 11.3 Å². The third-order valence-electron chi connectivity index (χ3n) is 5.70. The van der Waals surface area contributed by atoms with Crippen molar-refractivity contribution in [3.8, 4) is 0 Å². The van der Waals surface area contributed by atoms with E-state index in [2.05, 4.69) is 17.2 Å². The number of thiazole rings is 1. The van der Waals surface area contributed by atoms with E-state index in [1.807, 2.05) is 4.90 Å². The number of nitrogens with zero attached hydrogens (tertiary/aromatic N) is 4. The molecular formula is C22H21N5O7S. The molecule has 1 N–H and O–H groups in total. The molecule has 0 bridgehead atoms. The number of nitro benzene ring substituents is 2. The smallest absolute Gasteiger partial charge is 0.338 e. The van der Waals surface area contributed by atoms with Crippen LogP contribution in [0.2, 0.25) is 0 Å². The molecule has 182 valence electrons. The summed E-state index contributed by atoms with van der Waals surface area (Å²) in [6.45, 7) is 2.91. The maximum Gasteiger partial charge on any atom is 0.338 e. The van der Waals surface area contributed by atoms with Crippen molar-refractivity contribution in [2.75, 3.05) is 29.9 Å². The number of ether oxygens (including phenoxy) is 1. The number of esters is 1. The molecule has 4 rings (SSSR count). The number of aromatic nitrogens is 1. The molecule has 0 radical (unpaired) electrons. The van der Waals surface area contributed by atoms with E-state index in [1.165, 1.54) is 30.3 Å². The lowest BCUT2D eigenvalue weighted by molar-refractivity contribution is -0.384. The van der Waals surface area contributed by atoms with Crippen molar-refractivity contribution in [3.63, 3.8) is 0 Å². The van der Waals surface area contributed by atoms with Crippen molar-refractivity contribution in [1.29, 1.82) is 0 Å². The first-order valence-corrected chi connectivity index (χ1v) is 11.6. The quantitative estimate of drug-likeness (QED) is 0.286. The van der Waals surface area contributed by atoms with Crippen molar-refractivity contribution in [3.05, 3.63) is 62.2 Å². The van der Waals surface area contributed by atoms with Gasteiger partial charge in [0.05, 0.1) is 25.6 Å². The van der Waals surface area contributed by atoms with Gasteiger partial charge in [-0.25, -0.2) is 9.78 Å². The summed E-state index contributed by atoms with van der Waals surface area (Å²) in [5.74, 6) is -0.977. The zero-order valence-corrected chi connectivity index (χ0v) is 19.4. The van der Waals surface area contributed by atoms with Gasteiger partial charge in [-0.1, -0.05) is 18.3 Å². The Morgan fingerprint density at radius 2 is 1.89 bits per heavy atom. The summed E-state index contributed by atoms with van der Waals surface area (Å²) in [4.78, 5) is 52.2. The molecule has 3 aromatic rings. The number of hydrogen-bond acceptors (Lipinski definition) is 10. The van der Waals surface area contributed by atoms with Crippen LogP contribution < -0.4 is 10.2 Å². The summed E-state index contributed by atoms with van der Waals surface area (Å²) in [5.41, 5.74) is 0.603. The fourth-order valence-electron chi connectivity index (χ4n) is 3.76. The number of carbonyl (C=O) groups is 2. The summed E-state index contributed by atoms with van der Waals surface area (Å²) in [6, 6.07) is 8.27. The minimum atomic E-state index is -0.873. The number of benzene rings is 2. The van der Waals surface area contributed by atoms with Crippen LogP contribution in [-0.4, -0.2) is 46.4 Å². The summed E-state index contributed by atoms with van der Waals surface area (Å²) >= 11 is 1.04. The minimum absolute atomic E-state index is 0.0362. The molecule has 12 nitrogen and oxygen atoms in total. The minimum Gasteiger partial charge on any atom is -0.452 e. The third kappa shape index (κ3) is 5.51. The van der Waals surface area contributed by atoms with Crippen LogP contribution in [0.4, 0.5) is 22.2 Å². The van der Waals surface area contributed by atoms with Crippen molar-refractivity contribution >= 4 is 55.6 Å². The van der Waals surface area contributed by atoms with Crippen LogP contribution in [0, 0.1) is 26.1 Å². The van der Waals surface area contributed by atoms with E-state index in [0.29, 0.717) is 34.9 Å². The number of nitro groups is 2. The molecular weight excluding hydrogens is 478 g/mol. The Hall–Kier alpha value is -4.13. The SMILES string of the molecule is CC1CCN(c2ccc(C(=O)OCC(=O)Nc3nc4ccc([N+](=O)[O-])cc4s3)cc2[N+](=O)[O-])CC1. The van der Waals surface area contributed by atoms with E-state index in [0.717, 1.165) is 30.2 Å². The average Bonchev–Trinajstić information content (AvgIpc) is 3.24. The average molecular weight is 500 g/mol. The maximum atomic E-state index is 12.4. The Morgan fingerprint density at radius 3 is 2.57 bits per heavy atom. The van der Waals surface area contributed by atoms with Gasteiger partial charge >= 0.3 is 5.97 Å². The fourth-order valence-corrected chi connectivity index (χ4v) is 4.68. The second-order valence-electron chi connectivity index (χ2n) is 8.18. The van der Waals surface area contributed by atoms with Gasteiger partial charge in [-0.05, 0) is 37.0 Å². The van der Waals surface area contributed by atoms with Gasteiger partial charge in [0.15, 0.2) is 11.7 Å². The first-order valence-electron chi connectivity index (χ1n) is 10.8. The maximum absolute atomic E-state index is 12.4. The van der Waals surface area contributed by atoms with Crippen LogP contribution in [-0.2, 0) is 9.53 Å². The number of rotatable bonds is 7. The molecule has 1 aliphatic rings. The molecule has 13 heteroatoms. The first-order chi connectivity index (χ1) is 16.7. The molecule has 0 atom stereocenters. The van der Waals surface area contributed by atoms with Crippen molar-refractivity contribution in [2.45, 2.75) is 19.8 Å². The molecule has 1 amide bonds. The molecule has 1 fully saturated rings. The first kappa shape index (κ1) is 24.0. The Bertz CT molecular complexity index is 1320. The predicted octanol–water partition coefficient (Wildman–Crippen LogP) is 4.14. The van der Waals surface area contributed by atoms with Crippen LogP contribution in [0.5, 0.6) is 0 Å². The molecule has 2 aromatic carbocycles. The van der Waals surface area contributed by atoms with E-state index < -0.39 is 28.3 Å². The highest BCUT2D eigenvalue weighted by Crippen LogP contribution is 2.33. The van der Waals surface area contributed by atoms with Gasteiger partial charge in [0.2, 0.25) is 0 Å². The van der Waals surface area contributed by atoms with Crippen molar-refractivity contribution in [1.82, 2.24) is 4.98 Å². The Labute approximate surface area is 202 Å². The number of nitrogens with one attached hydrogen (secondary N) is 1. The Morgan fingerprint density at radius 1 is 1.14 bits per heavy atom. The summed E-state index contributed by atoms with van der Waals surface area (Å²) in [7, 11) is 0. The molecule has 1 aliphatic heterocycles. The molecule has 35 heavy (non-hydrogen) atoms. The molecule has 0 spiro atoms. The molecule has 0 saturated carbocycles. The van der Waals surface area contributed by atoms with E-state index in [-0.39, 0.29) is 22.1 Å². The molecule has 1 saturated heterocycles. The second kappa shape index (κ2) is 10.0. The highest BCUT2D eigenvalue weighted by molar-refractivity contribution is 7.22. The highest BCUT2D eigenvalue weighted by atomic mass is 32.1. The van der Waals surface area contributed by atoms with Crippen molar-refractivity contribution < 1.29 is 24.2 Å². The summed E-state index contributed by atoms with van der Waals surface area (Å²) in [5, 5.41) is 25.2. The van der Waals surface area contributed by atoms with Gasteiger partial charge in [-0.3, -0.25) is 30.3 Å². The zero-order valence-electron chi connectivity index (χ0n) is 18.6. The fraction of sp³-hybridized carbons (Fsp3) is 0.318. The number of hydrogen-bond donors (Lipinski definition) is 1. The van der Waals surface area contributed by atoms with Crippen LogP contribution in [0.25, 0.3) is 10.2 Å². The normalized spacial score (nSPS) is 14.0. The van der Waals surface area contributed by atoms with Crippen LogP contribution in [0.1, 0.15) is 30.1 Å². The van der Waals surface area contributed by atoms with E-state index in [4.69, 9.17) is 4.74 Å². The lowest BCUT2D eigenvalue weighted by Gasteiger charge is -2.31. The van der Waals surface area contributed by atoms with Crippen molar-refractivity contribution in [2.24, 2.45) is 5.92 Å². The Balaban J connectivity index is 1.39. The van der Waals surface area contributed by atoms with Crippen LogP contribution in [0.15, 0.2) is 36.4 Å². The van der Waals surface area contributed by atoms with Crippen LogP contribution in [0.3, 0.4) is 0 Å². The lowest BCUT2D eigenvalue weighted by atomic mass is 9.98. The summed E-state index contributed by atoms with van der Waals surface area (Å²) < 4.78 is 5.54. The topological polar surface area (TPSA) is 158 Å². The number of carbonyl (C=O) groups excluding carboxylic acids is 2. The zero-order chi connectivity index (χ0) is 25.1. The van der Waals surface area contributed by atoms with Gasteiger partial charge in [0, 0.05) is 31.3 Å².